The third-order valence-electron chi connectivity index (χ3n) is 4.18. The Morgan fingerprint density at radius 3 is 2.85 bits per heavy atom. The lowest BCUT2D eigenvalue weighted by molar-refractivity contribution is 0.0948. The Kier molecular flexibility index (Phi) is 4.37. The fourth-order valence-electron chi connectivity index (χ4n) is 2.76. The molecule has 0 radical (unpaired) electrons. The van der Waals surface area contributed by atoms with E-state index in [4.69, 9.17) is 14.0 Å². The average Bonchev–Trinajstić information content (AvgIpc) is 3.17. The topological polar surface area (TPSA) is 95.6 Å². The van der Waals surface area contributed by atoms with Gasteiger partial charge in [-0.3, -0.25) is 9.59 Å². The number of carbonyl (C=O) groups excluding carboxylic acids is 1. The van der Waals surface area contributed by atoms with E-state index in [1.54, 1.807) is 25.4 Å². The molecule has 1 amide bonds. The third kappa shape index (κ3) is 3.41. The number of hydrogen-bond acceptors (Lipinski definition) is 6. The summed E-state index contributed by atoms with van der Waals surface area (Å²) in [4.78, 5) is 24.2. The van der Waals surface area contributed by atoms with Crippen molar-refractivity contribution in [3.63, 3.8) is 0 Å². The van der Waals surface area contributed by atoms with Gasteiger partial charge in [0.25, 0.3) is 11.5 Å². The third-order valence-corrected chi connectivity index (χ3v) is 4.18. The van der Waals surface area contributed by atoms with E-state index in [1.165, 1.54) is 10.6 Å². The molecule has 8 heteroatoms. The summed E-state index contributed by atoms with van der Waals surface area (Å²) in [7, 11) is 1.59. The molecular weight excluding hydrogens is 350 g/mol. The first-order chi connectivity index (χ1) is 13.1. The van der Waals surface area contributed by atoms with Crippen molar-refractivity contribution in [3.8, 4) is 22.8 Å². The van der Waals surface area contributed by atoms with E-state index < -0.39 is 5.91 Å². The number of amides is 1. The second kappa shape index (κ2) is 6.99. The number of nitrogens with zero attached hydrogens (tertiary/aromatic N) is 2. The Morgan fingerprint density at radius 1 is 1.19 bits per heavy atom. The largest absolute Gasteiger partial charge is 0.486 e. The second-order valence-corrected chi connectivity index (χ2v) is 6.06. The van der Waals surface area contributed by atoms with Crippen molar-refractivity contribution in [2.45, 2.75) is 6.54 Å². The molecular formula is C19H17N3O5. The Labute approximate surface area is 154 Å². The number of hydrogen-bond donors (Lipinski definition) is 1. The van der Waals surface area contributed by atoms with Gasteiger partial charge in [-0.1, -0.05) is 5.16 Å². The van der Waals surface area contributed by atoms with Crippen LogP contribution < -0.4 is 20.3 Å². The molecule has 0 unspecified atom stereocenters. The maximum atomic E-state index is 12.2. The van der Waals surface area contributed by atoms with Crippen molar-refractivity contribution in [3.05, 3.63) is 64.2 Å². The molecule has 0 saturated heterocycles. The van der Waals surface area contributed by atoms with Crippen molar-refractivity contribution >= 4 is 5.91 Å². The number of benzene rings is 1. The standard InChI is InChI=1S/C19H17N3O5/c1-22-6-2-3-14(19(22)24)18(23)20-11-13-10-16(27-21-13)12-4-5-15-17(9-12)26-8-7-25-15/h2-6,9-10H,7-8,11H2,1H3,(H,20,23). The number of rotatable bonds is 4. The average molecular weight is 367 g/mol. The van der Waals surface area contributed by atoms with E-state index in [0.717, 1.165) is 5.56 Å². The normalized spacial score (nSPS) is 12.6. The Morgan fingerprint density at radius 2 is 2.00 bits per heavy atom. The number of carbonyl (C=O) groups is 1. The predicted molar refractivity (Wildman–Crippen MR) is 95.8 cm³/mol. The van der Waals surface area contributed by atoms with Gasteiger partial charge in [0.15, 0.2) is 17.3 Å². The summed E-state index contributed by atoms with van der Waals surface area (Å²) < 4.78 is 17.8. The van der Waals surface area contributed by atoms with Crippen molar-refractivity contribution in [1.29, 1.82) is 0 Å². The molecule has 0 bridgehead atoms. The van der Waals surface area contributed by atoms with Crippen molar-refractivity contribution in [2.75, 3.05) is 13.2 Å². The maximum Gasteiger partial charge on any atom is 0.263 e. The lowest BCUT2D eigenvalue weighted by Crippen LogP contribution is -2.31. The highest BCUT2D eigenvalue weighted by Gasteiger charge is 2.16. The molecule has 3 heterocycles. The molecule has 27 heavy (non-hydrogen) atoms. The zero-order chi connectivity index (χ0) is 18.8. The highest BCUT2D eigenvalue weighted by molar-refractivity contribution is 5.93. The van der Waals surface area contributed by atoms with Gasteiger partial charge in [-0.2, -0.15) is 0 Å². The second-order valence-electron chi connectivity index (χ2n) is 6.06. The summed E-state index contributed by atoms with van der Waals surface area (Å²) in [5, 5.41) is 6.64. The van der Waals surface area contributed by atoms with Crippen LogP contribution in [0.1, 0.15) is 16.1 Å². The van der Waals surface area contributed by atoms with Gasteiger partial charge in [0.2, 0.25) is 0 Å². The van der Waals surface area contributed by atoms with Gasteiger partial charge in [-0.05, 0) is 30.3 Å². The summed E-state index contributed by atoms with van der Waals surface area (Å²) in [5.41, 5.74) is 1.06. The number of ether oxygens (including phenoxy) is 2. The van der Waals surface area contributed by atoms with E-state index in [-0.39, 0.29) is 17.7 Å². The van der Waals surface area contributed by atoms with Gasteiger partial charge in [0, 0.05) is 24.9 Å². The van der Waals surface area contributed by atoms with Crippen LogP contribution in [0.25, 0.3) is 11.3 Å². The van der Waals surface area contributed by atoms with Crippen LogP contribution in [-0.4, -0.2) is 28.8 Å². The van der Waals surface area contributed by atoms with Gasteiger partial charge >= 0.3 is 0 Å². The molecule has 138 valence electrons. The summed E-state index contributed by atoms with van der Waals surface area (Å²) in [5.74, 6) is 1.44. The number of pyridine rings is 1. The fourth-order valence-corrected chi connectivity index (χ4v) is 2.76. The Hall–Kier alpha value is -3.55. The first kappa shape index (κ1) is 16.9. The van der Waals surface area contributed by atoms with Crippen LogP contribution in [0.2, 0.25) is 0 Å². The smallest absolute Gasteiger partial charge is 0.263 e. The van der Waals surface area contributed by atoms with Crippen LogP contribution in [0, 0.1) is 0 Å². The highest BCUT2D eigenvalue weighted by atomic mass is 16.6. The van der Waals surface area contributed by atoms with Crippen LogP contribution in [0.4, 0.5) is 0 Å². The van der Waals surface area contributed by atoms with Crippen LogP contribution in [-0.2, 0) is 13.6 Å². The van der Waals surface area contributed by atoms with Gasteiger partial charge in [-0.25, -0.2) is 0 Å². The molecule has 1 aromatic carbocycles. The lowest BCUT2D eigenvalue weighted by atomic mass is 10.1. The molecule has 3 aromatic rings. The van der Waals surface area contributed by atoms with Gasteiger partial charge in [0.1, 0.15) is 24.5 Å². The van der Waals surface area contributed by atoms with Crippen LogP contribution in [0.15, 0.2) is 51.9 Å². The highest BCUT2D eigenvalue weighted by Crippen LogP contribution is 2.34. The summed E-state index contributed by atoms with van der Waals surface area (Å²) >= 11 is 0. The molecule has 1 N–H and O–H groups in total. The van der Waals surface area contributed by atoms with Gasteiger partial charge in [-0.15, -0.1) is 0 Å². The zero-order valence-corrected chi connectivity index (χ0v) is 14.6. The minimum absolute atomic E-state index is 0.0792. The Balaban J connectivity index is 1.46. The van der Waals surface area contributed by atoms with E-state index in [2.05, 4.69) is 10.5 Å². The number of fused-ring (bicyclic) bond motifs is 1. The van der Waals surface area contributed by atoms with Gasteiger partial charge in [0.05, 0.1) is 6.54 Å². The van der Waals surface area contributed by atoms with Crippen LogP contribution in [0.5, 0.6) is 11.5 Å². The summed E-state index contributed by atoms with van der Waals surface area (Å²) in [6.45, 7) is 1.18. The molecule has 0 atom stereocenters. The lowest BCUT2D eigenvalue weighted by Gasteiger charge is -2.18. The molecule has 0 saturated carbocycles. The number of aromatic nitrogens is 2. The molecule has 1 aliphatic heterocycles. The first-order valence-corrected chi connectivity index (χ1v) is 8.41. The van der Waals surface area contributed by atoms with Crippen molar-refractivity contribution < 1.29 is 18.8 Å². The molecule has 0 spiro atoms. The molecule has 8 nitrogen and oxygen atoms in total. The SMILES string of the molecule is Cn1cccc(C(=O)NCc2cc(-c3ccc4c(c3)OCCO4)on2)c1=O. The molecule has 0 aliphatic carbocycles. The van der Waals surface area contributed by atoms with Crippen LogP contribution >= 0.6 is 0 Å². The fraction of sp³-hybridized carbons (Fsp3) is 0.211. The van der Waals surface area contributed by atoms with Crippen LogP contribution in [0.3, 0.4) is 0 Å². The Bertz CT molecular complexity index is 1050. The monoisotopic (exact) mass is 367 g/mol. The van der Waals surface area contributed by atoms with E-state index in [0.29, 0.717) is 36.2 Å². The van der Waals surface area contributed by atoms with Crippen molar-refractivity contribution in [2.24, 2.45) is 7.05 Å². The molecule has 1 aliphatic rings. The summed E-state index contributed by atoms with van der Waals surface area (Å²) in [6, 6.07) is 10.4. The van der Waals surface area contributed by atoms with Crippen molar-refractivity contribution in [1.82, 2.24) is 15.0 Å². The van der Waals surface area contributed by atoms with E-state index in [1.807, 2.05) is 18.2 Å². The quantitative estimate of drug-likeness (QED) is 0.755. The molecule has 2 aromatic heterocycles. The van der Waals surface area contributed by atoms with E-state index in [9.17, 15) is 9.59 Å². The minimum atomic E-state index is -0.458. The molecule has 4 rings (SSSR count). The maximum absolute atomic E-state index is 12.2. The first-order valence-electron chi connectivity index (χ1n) is 8.41. The predicted octanol–water partition coefficient (Wildman–Crippen LogP) is 1.74. The minimum Gasteiger partial charge on any atom is -0.486 e. The van der Waals surface area contributed by atoms with Gasteiger partial charge < -0.3 is 23.9 Å². The summed E-state index contributed by atoms with van der Waals surface area (Å²) in [6.07, 6.45) is 1.59. The number of nitrogens with one attached hydrogen (secondary N) is 1. The zero-order valence-electron chi connectivity index (χ0n) is 14.6. The van der Waals surface area contributed by atoms with E-state index >= 15 is 0 Å². The number of aryl methyl sites for hydroxylation is 1. The molecule has 0 fully saturated rings.